The van der Waals surface area contributed by atoms with Gasteiger partial charge in [-0.2, -0.15) is 8.78 Å². The monoisotopic (exact) mass is 404 g/mol. The van der Waals surface area contributed by atoms with Gasteiger partial charge in [-0.3, -0.25) is 4.79 Å². The van der Waals surface area contributed by atoms with Gasteiger partial charge in [0.15, 0.2) is 6.61 Å². The number of carbonyl (C=O) groups excluding carboxylic acids is 1. The summed E-state index contributed by atoms with van der Waals surface area (Å²) in [6.07, 6.45) is 1.23. The summed E-state index contributed by atoms with van der Waals surface area (Å²) in [7, 11) is 0. The van der Waals surface area contributed by atoms with Crippen molar-refractivity contribution in [3.05, 3.63) is 59.2 Å². The minimum atomic E-state index is -2.94. The van der Waals surface area contributed by atoms with Crippen molar-refractivity contribution in [2.75, 3.05) is 11.9 Å². The van der Waals surface area contributed by atoms with Crippen molar-refractivity contribution >= 4 is 17.8 Å². The van der Waals surface area contributed by atoms with Crippen molar-refractivity contribution in [1.82, 2.24) is 0 Å². The fourth-order valence-electron chi connectivity index (χ4n) is 2.85. The number of rotatable bonds is 9. The number of alkyl halides is 2. The van der Waals surface area contributed by atoms with Crippen molar-refractivity contribution in [3.8, 4) is 5.75 Å². The Balaban J connectivity index is 2.02. The Morgan fingerprint density at radius 2 is 1.66 bits per heavy atom. The molecule has 2 rings (SSSR count). The van der Waals surface area contributed by atoms with Gasteiger partial charge in [-0.15, -0.1) is 0 Å². The molecule has 2 aromatic rings. The minimum Gasteiger partial charge on any atom is -0.434 e. The predicted molar refractivity (Wildman–Crippen MR) is 110 cm³/mol. The van der Waals surface area contributed by atoms with E-state index in [0.29, 0.717) is 5.56 Å². The minimum absolute atomic E-state index is 0.0215. The molecule has 0 fully saturated rings. The van der Waals surface area contributed by atoms with Crippen molar-refractivity contribution in [2.45, 2.75) is 46.1 Å². The molecule has 1 amide bonds. The zero-order valence-corrected chi connectivity index (χ0v) is 17.0. The first-order valence-electron chi connectivity index (χ1n) is 9.41. The maximum atomic E-state index is 12.4. The lowest BCUT2D eigenvalue weighted by molar-refractivity contribution is -0.120. The summed E-state index contributed by atoms with van der Waals surface area (Å²) in [5.41, 5.74) is 3.21. The second-order valence-electron chi connectivity index (χ2n) is 7.09. The van der Waals surface area contributed by atoms with E-state index in [9.17, 15) is 13.6 Å². The predicted octanol–water partition coefficient (Wildman–Crippen LogP) is 5.52. The Morgan fingerprint density at radius 1 is 1.03 bits per heavy atom. The molecule has 0 heterocycles. The Labute approximate surface area is 169 Å². The molecule has 0 saturated carbocycles. The van der Waals surface area contributed by atoms with Crippen molar-refractivity contribution in [1.29, 1.82) is 0 Å². The molecule has 5 nitrogen and oxygen atoms in total. The summed E-state index contributed by atoms with van der Waals surface area (Å²) in [4.78, 5) is 17.4. The molecule has 0 atom stereocenters. The van der Waals surface area contributed by atoms with Gasteiger partial charge in [-0.25, -0.2) is 0 Å². The topological polar surface area (TPSA) is 59.9 Å². The molecule has 0 bridgehead atoms. The molecule has 7 heteroatoms. The number of nitrogens with one attached hydrogen (secondary N) is 1. The third-order valence-electron chi connectivity index (χ3n) is 4.23. The van der Waals surface area contributed by atoms with Crippen LogP contribution in [0.2, 0.25) is 0 Å². The second-order valence-corrected chi connectivity index (χ2v) is 7.09. The number of para-hydroxylation sites is 2. The summed E-state index contributed by atoms with van der Waals surface area (Å²) < 4.78 is 29.3. The van der Waals surface area contributed by atoms with Crippen LogP contribution in [0.25, 0.3) is 0 Å². The maximum absolute atomic E-state index is 12.4. The van der Waals surface area contributed by atoms with Crippen molar-refractivity contribution in [2.24, 2.45) is 5.16 Å². The van der Waals surface area contributed by atoms with Gasteiger partial charge in [0, 0.05) is 11.3 Å². The molecule has 29 heavy (non-hydrogen) atoms. The lowest BCUT2D eigenvalue weighted by Gasteiger charge is -2.19. The van der Waals surface area contributed by atoms with Crippen LogP contribution in [0.5, 0.6) is 5.75 Å². The summed E-state index contributed by atoms with van der Waals surface area (Å²) in [5.74, 6) is 0.115. The van der Waals surface area contributed by atoms with E-state index in [2.05, 4.69) is 42.9 Å². The van der Waals surface area contributed by atoms with E-state index in [0.717, 1.165) is 16.8 Å². The molecule has 0 unspecified atom stereocenters. The van der Waals surface area contributed by atoms with Gasteiger partial charge in [0.2, 0.25) is 0 Å². The fourth-order valence-corrected chi connectivity index (χ4v) is 2.85. The summed E-state index contributed by atoms with van der Waals surface area (Å²) in [6.45, 7) is 5.01. The van der Waals surface area contributed by atoms with Crippen LogP contribution in [-0.2, 0) is 9.63 Å². The second kappa shape index (κ2) is 10.5. The van der Waals surface area contributed by atoms with E-state index in [1.54, 1.807) is 18.2 Å². The third kappa shape index (κ3) is 6.55. The number of nitrogens with zero attached hydrogens (tertiary/aromatic N) is 1. The molecule has 0 spiro atoms. The van der Waals surface area contributed by atoms with Crippen LogP contribution in [0.15, 0.2) is 47.6 Å². The van der Waals surface area contributed by atoms with Gasteiger partial charge >= 0.3 is 6.61 Å². The van der Waals surface area contributed by atoms with E-state index in [1.165, 1.54) is 12.3 Å². The number of carbonyl (C=O) groups is 1. The first-order chi connectivity index (χ1) is 13.8. The van der Waals surface area contributed by atoms with Crippen LogP contribution >= 0.6 is 0 Å². The fraction of sp³-hybridized carbons (Fsp3) is 0.364. The highest BCUT2D eigenvalue weighted by Crippen LogP contribution is 2.32. The maximum Gasteiger partial charge on any atom is 0.387 e. The molecule has 0 aliphatic carbocycles. The number of amides is 1. The Morgan fingerprint density at radius 3 is 2.24 bits per heavy atom. The lowest BCUT2D eigenvalue weighted by atomic mass is 9.92. The number of hydrogen-bond acceptors (Lipinski definition) is 4. The van der Waals surface area contributed by atoms with Gasteiger partial charge in [0.1, 0.15) is 5.75 Å². The van der Waals surface area contributed by atoms with E-state index < -0.39 is 6.61 Å². The average molecular weight is 404 g/mol. The normalized spacial score (nSPS) is 11.5. The van der Waals surface area contributed by atoms with Crippen LogP contribution < -0.4 is 10.1 Å². The lowest BCUT2D eigenvalue weighted by Crippen LogP contribution is -2.19. The van der Waals surface area contributed by atoms with Crippen LogP contribution in [0.1, 0.15) is 56.2 Å². The van der Waals surface area contributed by atoms with Crippen molar-refractivity contribution in [3.63, 3.8) is 0 Å². The van der Waals surface area contributed by atoms with E-state index in [4.69, 9.17) is 4.84 Å². The Bertz CT molecular complexity index is 825. The van der Waals surface area contributed by atoms with Crippen LogP contribution in [0, 0.1) is 0 Å². The number of hydrogen-bond donors (Lipinski definition) is 1. The van der Waals surface area contributed by atoms with Gasteiger partial charge < -0.3 is 14.9 Å². The highest BCUT2D eigenvalue weighted by molar-refractivity contribution is 5.93. The van der Waals surface area contributed by atoms with Gasteiger partial charge in [0.05, 0.1) is 6.21 Å². The van der Waals surface area contributed by atoms with E-state index in [1.807, 2.05) is 18.2 Å². The first kappa shape index (κ1) is 22.3. The molecule has 2 aromatic carbocycles. The number of ether oxygens (including phenoxy) is 1. The van der Waals surface area contributed by atoms with E-state index >= 15 is 0 Å². The van der Waals surface area contributed by atoms with Crippen LogP contribution in [0.3, 0.4) is 0 Å². The molecular weight excluding hydrogens is 378 g/mol. The van der Waals surface area contributed by atoms with E-state index in [-0.39, 0.29) is 30.1 Å². The number of benzene rings is 2. The Kier molecular flexibility index (Phi) is 8.12. The summed E-state index contributed by atoms with van der Waals surface area (Å²) in [6, 6.07) is 12.1. The number of halogens is 2. The third-order valence-corrected chi connectivity index (χ3v) is 4.23. The highest BCUT2D eigenvalue weighted by atomic mass is 19.3. The molecule has 0 aliphatic rings. The van der Waals surface area contributed by atoms with Gasteiger partial charge in [0.25, 0.3) is 5.91 Å². The quantitative estimate of drug-likeness (QED) is 0.442. The smallest absolute Gasteiger partial charge is 0.387 e. The molecule has 0 aliphatic heterocycles. The van der Waals surface area contributed by atoms with Crippen LogP contribution in [-0.4, -0.2) is 25.3 Å². The zero-order valence-electron chi connectivity index (χ0n) is 17.0. The van der Waals surface area contributed by atoms with Gasteiger partial charge in [-0.1, -0.05) is 63.2 Å². The number of anilines is 1. The summed E-state index contributed by atoms with van der Waals surface area (Å²) in [5, 5.41) is 6.61. The number of oxime groups is 1. The standard InChI is InChI=1S/C22H26F2N2O3/c1-14(2)17-9-7-10-18(15(3)4)21(17)26-20(27)13-28-25-12-16-8-5-6-11-19(16)29-22(23)24/h5-12,14-15,22H,13H2,1-4H3,(H,26,27)/b25-12-. The molecule has 0 saturated heterocycles. The van der Waals surface area contributed by atoms with Gasteiger partial charge in [-0.05, 0) is 35.1 Å². The highest BCUT2D eigenvalue weighted by Gasteiger charge is 2.16. The molecule has 156 valence electrons. The van der Waals surface area contributed by atoms with Crippen molar-refractivity contribution < 1.29 is 23.1 Å². The zero-order chi connectivity index (χ0) is 21.4. The molecular formula is C22H26F2N2O3. The molecule has 1 N–H and O–H groups in total. The largest absolute Gasteiger partial charge is 0.434 e. The average Bonchev–Trinajstić information content (AvgIpc) is 2.65. The van der Waals surface area contributed by atoms with Crippen LogP contribution in [0.4, 0.5) is 14.5 Å². The summed E-state index contributed by atoms with van der Waals surface area (Å²) >= 11 is 0. The molecule has 0 aromatic heterocycles. The Hall–Kier alpha value is -2.96. The SMILES string of the molecule is CC(C)c1cccc(C(C)C)c1NC(=O)CO/N=C\c1ccccc1OC(F)F. The first-order valence-corrected chi connectivity index (χ1v) is 9.41. The molecule has 0 radical (unpaired) electrons.